The summed E-state index contributed by atoms with van der Waals surface area (Å²) in [5.41, 5.74) is 5.33. The van der Waals surface area contributed by atoms with Crippen LogP contribution in [0.15, 0.2) is 0 Å². The first-order valence-corrected chi connectivity index (χ1v) is 6.19. The molecule has 1 atom stereocenters. The number of nitrogens with two attached hydrogens (primary N) is 1. The third-order valence-corrected chi connectivity index (χ3v) is 2.50. The highest BCUT2D eigenvalue weighted by atomic mass is 16.2. The maximum Gasteiger partial charge on any atom is 0.220 e. The molecule has 1 unspecified atom stereocenters. The third-order valence-electron chi connectivity index (χ3n) is 2.50. The van der Waals surface area contributed by atoms with E-state index in [1.54, 1.807) is 0 Å². The average Bonchev–Trinajstić information content (AvgIpc) is 2.28. The second kappa shape index (κ2) is 10.6. The number of amides is 1. The number of hydrogen-bond acceptors (Lipinski definition) is 3. The van der Waals surface area contributed by atoms with Crippen LogP contribution in [0.1, 0.15) is 51.9 Å². The predicted octanol–water partition coefficient (Wildman–Crippen LogP) is 1.38. The zero-order valence-electron chi connectivity index (χ0n) is 10.2. The number of unbranched alkanes of at least 4 members (excludes halogenated alkanes) is 4. The van der Waals surface area contributed by atoms with E-state index in [9.17, 15) is 9.59 Å². The number of nitrogens with one attached hydrogen (secondary N) is 1. The van der Waals surface area contributed by atoms with E-state index in [0.29, 0.717) is 19.4 Å². The first-order valence-electron chi connectivity index (χ1n) is 6.19. The molecule has 16 heavy (non-hydrogen) atoms. The fraction of sp³-hybridized carbons (Fsp3) is 0.833. The first kappa shape index (κ1) is 15.1. The van der Waals surface area contributed by atoms with Crippen LogP contribution in [0.3, 0.4) is 0 Å². The Morgan fingerprint density at radius 3 is 2.56 bits per heavy atom. The molecule has 0 bridgehead atoms. The van der Waals surface area contributed by atoms with Crippen LogP contribution in [-0.4, -0.2) is 24.8 Å². The van der Waals surface area contributed by atoms with E-state index in [1.165, 1.54) is 19.3 Å². The quantitative estimate of drug-likeness (QED) is 0.438. The van der Waals surface area contributed by atoms with Crippen molar-refractivity contribution in [2.75, 3.05) is 6.54 Å². The van der Waals surface area contributed by atoms with Crippen molar-refractivity contribution >= 4 is 12.2 Å². The molecule has 1 amide bonds. The zero-order chi connectivity index (χ0) is 12.2. The molecule has 3 N–H and O–H groups in total. The van der Waals surface area contributed by atoms with Crippen molar-refractivity contribution in [3.8, 4) is 0 Å². The lowest BCUT2D eigenvalue weighted by Crippen LogP contribution is -2.37. The molecular formula is C12H24N2O2. The maximum absolute atomic E-state index is 11.4. The summed E-state index contributed by atoms with van der Waals surface area (Å²) in [5.74, 6) is -0.0398. The summed E-state index contributed by atoms with van der Waals surface area (Å²) < 4.78 is 0. The minimum atomic E-state index is -0.409. The molecule has 0 fully saturated rings. The molecule has 0 aliphatic carbocycles. The van der Waals surface area contributed by atoms with Gasteiger partial charge >= 0.3 is 0 Å². The second-order valence-corrected chi connectivity index (χ2v) is 4.05. The molecule has 4 heteroatoms. The Labute approximate surface area is 98.0 Å². The Kier molecular flexibility index (Phi) is 10.0. The molecule has 0 radical (unpaired) electrons. The molecule has 94 valence electrons. The molecule has 0 aromatic rings. The number of aldehydes is 1. The second-order valence-electron chi connectivity index (χ2n) is 4.05. The molecule has 4 nitrogen and oxygen atoms in total. The van der Waals surface area contributed by atoms with Crippen LogP contribution in [0.5, 0.6) is 0 Å². The highest BCUT2D eigenvalue weighted by Gasteiger charge is 2.09. The zero-order valence-corrected chi connectivity index (χ0v) is 10.2. The Bertz CT molecular complexity index is 195. The van der Waals surface area contributed by atoms with Crippen molar-refractivity contribution in [2.24, 2.45) is 5.73 Å². The van der Waals surface area contributed by atoms with Crippen LogP contribution in [0.25, 0.3) is 0 Å². The van der Waals surface area contributed by atoms with Gasteiger partial charge in [0, 0.05) is 6.42 Å². The Balaban J connectivity index is 3.52. The fourth-order valence-electron chi connectivity index (χ4n) is 1.52. The van der Waals surface area contributed by atoms with Crippen molar-refractivity contribution in [1.82, 2.24) is 5.32 Å². The lowest BCUT2D eigenvalue weighted by Gasteiger charge is -2.11. The van der Waals surface area contributed by atoms with Crippen LogP contribution in [0.4, 0.5) is 0 Å². The molecule has 0 aromatic heterocycles. The minimum Gasteiger partial charge on any atom is -0.347 e. The van der Waals surface area contributed by atoms with E-state index in [0.717, 1.165) is 19.1 Å². The summed E-state index contributed by atoms with van der Waals surface area (Å²) >= 11 is 0. The molecule has 0 rings (SSSR count). The van der Waals surface area contributed by atoms with E-state index < -0.39 is 6.04 Å². The number of rotatable bonds is 10. The van der Waals surface area contributed by atoms with E-state index in [-0.39, 0.29) is 5.91 Å². The molecule has 0 heterocycles. The van der Waals surface area contributed by atoms with Crippen molar-refractivity contribution in [3.05, 3.63) is 0 Å². The van der Waals surface area contributed by atoms with E-state index in [1.807, 2.05) is 0 Å². The van der Waals surface area contributed by atoms with Crippen LogP contribution in [-0.2, 0) is 9.59 Å². The van der Waals surface area contributed by atoms with Crippen LogP contribution >= 0.6 is 0 Å². The Morgan fingerprint density at radius 2 is 2.00 bits per heavy atom. The summed E-state index contributed by atoms with van der Waals surface area (Å²) in [4.78, 5) is 22.0. The molecule has 0 aliphatic rings. The summed E-state index contributed by atoms with van der Waals surface area (Å²) in [6, 6.07) is -0.409. The lowest BCUT2D eigenvalue weighted by molar-refractivity contribution is -0.124. The van der Waals surface area contributed by atoms with Gasteiger partial charge in [-0.1, -0.05) is 32.6 Å². The van der Waals surface area contributed by atoms with E-state index >= 15 is 0 Å². The highest BCUT2D eigenvalue weighted by molar-refractivity contribution is 5.79. The van der Waals surface area contributed by atoms with Gasteiger partial charge < -0.3 is 15.8 Å². The molecular weight excluding hydrogens is 204 g/mol. The van der Waals surface area contributed by atoms with Gasteiger partial charge in [-0.2, -0.15) is 0 Å². The van der Waals surface area contributed by atoms with Crippen molar-refractivity contribution in [2.45, 2.75) is 57.9 Å². The molecule has 0 spiro atoms. The van der Waals surface area contributed by atoms with Gasteiger partial charge in [-0.25, -0.2) is 0 Å². The monoisotopic (exact) mass is 228 g/mol. The average molecular weight is 228 g/mol. The van der Waals surface area contributed by atoms with Crippen LogP contribution in [0.2, 0.25) is 0 Å². The topological polar surface area (TPSA) is 72.2 Å². The van der Waals surface area contributed by atoms with Crippen LogP contribution < -0.4 is 11.1 Å². The fourth-order valence-corrected chi connectivity index (χ4v) is 1.52. The van der Waals surface area contributed by atoms with Crippen molar-refractivity contribution in [3.63, 3.8) is 0 Å². The van der Waals surface area contributed by atoms with E-state index in [2.05, 4.69) is 12.2 Å². The normalized spacial score (nSPS) is 12.1. The maximum atomic E-state index is 11.4. The highest BCUT2D eigenvalue weighted by Crippen LogP contribution is 2.04. The summed E-state index contributed by atoms with van der Waals surface area (Å²) in [5, 5.41) is 2.67. The van der Waals surface area contributed by atoms with Gasteiger partial charge in [0.25, 0.3) is 0 Å². The van der Waals surface area contributed by atoms with Crippen molar-refractivity contribution in [1.29, 1.82) is 0 Å². The van der Waals surface area contributed by atoms with Gasteiger partial charge in [-0.3, -0.25) is 4.79 Å². The molecule has 0 saturated carbocycles. The lowest BCUT2D eigenvalue weighted by atomic mass is 10.1. The summed E-state index contributed by atoms with van der Waals surface area (Å²) in [6.45, 7) is 2.58. The molecule has 0 aromatic carbocycles. The van der Waals surface area contributed by atoms with Gasteiger partial charge in [0.05, 0.1) is 6.04 Å². The number of carbonyl (C=O) groups is 2. The Morgan fingerprint density at radius 1 is 1.31 bits per heavy atom. The van der Waals surface area contributed by atoms with Gasteiger partial charge in [0.15, 0.2) is 0 Å². The number of carbonyl (C=O) groups excluding carboxylic acids is 2. The van der Waals surface area contributed by atoms with Gasteiger partial charge in [-0.15, -0.1) is 0 Å². The summed E-state index contributed by atoms with van der Waals surface area (Å²) in [7, 11) is 0. The SMILES string of the molecule is CCCCCCCC(=O)NC(C=O)CCN. The number of hydrogen-bond donors (Lipinski definition) is 2. The molecule has 0 aliphatic heterocycles. The standard InChI is InChI=1S/C12H24N2O2/c1-2-3-4-5-6-7-12(16)14-11(10-15)8-9-13/h10-11H,2-9,13H2,1H3,(H,14,16). The van der Waals surface area contributed by atoms with Gasteiger partial charge in [-0.05, 0) is 19.4 Å². The molecule has 0 saturated heterocycles. The summed E-state index contributed by atoms with van der Waals surface area (Å²) in [6.07, 6.45) is 7.39. The first-order chi connectivity index (χ1) is 7.74. The predicted molar refractivity (Wildman–Crippen MR) is 65.0 cm³/mol. The van der Waals surface area contributed by atoms with Crippen LogP contribution in [0, 0.1) is 0 Å². The van der Waals surface area contributed by atoms with Gasteiger partial charge in [0.1, 0.15) is 6.29 Å². The smallest absolute Gasteiger partial charge is 0.220 e. The minimum absolute atomic E-state index is 0.0398. The van der Waals surface area contributed by atoms with Crippen molar-refractivity contribution < 1.29 is 9.59 Å². The Hall–Kier alpha value is -0.900. The van der Waals surface area contributed by atoms with E-state index in [4.69, 9.17) is 5.73 Å². The van der Waals surface area contributed by atoms with Gasteiger partial charge in [0.2, 0.25) is 5.91 Å². The largest absolute Gasteiger partial charge is 0.347 e. The third kappa shape index (κ3) is 8.41.